The average Bonchev–Trinajstić information content (AvgIpc) is 3.03. The smallest absolute Gasteiger partial charge is 0.272 e. The van der Waals surface area contributed by atoms with Gasteiger partial charge in [0, 0.05) is 37.8 Å². The number of hydrogen-bond donors (Lipinski definition) is 3. The average molecular weight is 651 g/mol. The van der Waals surface area contributed by atoms with Gasteiger partial charge in [-0.15, -0.1) is 11.8 Å². The van der Waals surface area contributed by atoms with Crippen LogP contribution in [-0.2, 0) is 9.59 Å². The Bertz CT molecular complexity index is 1660. The molecule has 3 N–H and O–H groups in total. The SMILES string of the molecule is COc1ccc(NC(=O)C(C)Sc2ccc(NC(=O)/C(=C/c3c(Cl)cccc3Cl)NC(=O)c3ccccc3)cc2)c(OC)c1. The Hall–Kier alpha value is -4.44. The Kier molecular flexibility index (Phi) is 11.3. The lowest BCUT2D eigenvalue weighted by molar-refractivity contribution is -0.115. The molecule has 0 radical (unpaired) electrons. The molecule has 0 fully saturated rings. The van der Waals surface area contributed by atoms with Crippen LogP contribution in [0, 0.1) is 0 Å². The molecule has 4 aromatic carbocycles. The van der Waals surface area contributed by atoms with E-state index in [0.717, 1.165) is 4.90 Å². The second-order valence-corrected chi connectivity index (χ2v) is 11.5. The molecule has 0 aliphatic carbocycles. The number of hydrogen-bond acceptors (Lipinski definition) is 6. The van der Waals surface area contributed by atoms with Crippen LogP contribution in [0.1, 0.15) is 22.8 Å². The zero-order valence-corrected chi connectivity index (χ0v) is 26.3. The first-order valence-corrected chi connectivity index (χ1v) is 14.9. The van der Waals surface area contributed by atoms with Crippen molar-refractivity contribution in [3.05, 3.63) is 118 Å². The van der Waals surface area contributed by atoms with Crippen LogP contribution in [0.2, 0.25) is 10.0 Å². The van der Waals surface area contributed by atoms with E-state index in [4.69, 9.17) is 32.7 Å². The number of carbonyl (C=O) groups excluding carboxylic acids is 3. The predicted molar refractivity (Wildman–Crippen MR) is 177 cm³/mol. The van der Waals surface area contributed by atoms with Crippen LogP contribution in [-0.4, -0.2) is 37.2 Å². The van der Waals surface area contributed by atoms with Crippen molar-refractivity contribution >= 4 is 70.1 Å². The number of thioether (sulfide) groups is 1. The summed E-state index contributed by atoms with van der Waals surface area (Å²) < 4.78 is 10.6. The van der Waals surface area contributed by atoms with Crippen LogP contribution < -0.4 is 25.4 Å². The molecule has 226 valence electrons. The molecule has 11 heteroatoms. The monoisotopic (exact) mass is 649 g/mol. The van der Waals surface area contributed by atoms with Crippen molar-refractivity contribution < 1.29 is 23.9 Å². The minimum Gasteiger partial charge on any atom is -0.497 e. The van der Waals surface area contributed by atoms with E-state index < -0.39 is 17.1 Å². The van der Waals surface area contributed by atoms with E-state index in [-0.39, 0.29) is 11.6 Å². The van der Waals surface area contributed by atoms with Crippen LogP contribution in [0.3, 0.4) is 0 Å². The molecular weight excluding hydrogens is 621 g/mol. The van der Waals surface area contributed by atoms with Gasteiger partial charge in [0.2, 0.25) is 5.91 Å². The molecule has 0 aliphatic rings. The summed E-state index contributed by atoms with van der Waals surface area (Å²) in [6, 6.07) is 25.6. The molecule has 0 aromatic heterocycles. The van der Waals surface area contributed by atoms with Crippen LogP contribution in [0.15, 0.2) is 102 Å². The molecule has 1 atom stereocenters. The third-order valence-corrected chi connectivity index (χ3v) is 8.05. The van der Waals surface area contributed by atoms with E-state index in [1.165, 1.54) is 24.9 Å². The molecule has 0 bridgehead atoms. The van der Waals surface area contributed by atoms with Gasteiger partial charge in [-0.1, -0.05) is 47.5 Å². The van der Waals surface area contributed by atoms with E-state index in [0.29, 0.717) is 44.0 Å². The van der Waals surface area contributed by atoms with Gasteiger partial charge in [-0.25, -0.2) is 0 Å². The highest BCUT2D eigenvalue weighted by atomic mass is 35.5. The molecule has 44 heavy (non-hydrogen) atoms. The van der Waals surface area contributed by atoms with Crippen molar-refractivity contribution in [1.82, 2.24) is 5.32 Å². The van der Waals surface area contributed by atoms with E-state index in [1.807, 2.05) is 0 Å². The van der Waals surface area contributed by atoms with Gasteiger partial charge in [0.1, 0.15) is 17.2 Å². The van der Waals surface area contributed by atoms with Crippen LogP contribution in [0.25, 0.3) is 6.08 Å². The number of methoxy groups -OCH3 is 2. The van der Waals surface area contributed by atoms with Gasteiger partial charge in [0.25, 0.3) is 11.8 Å². The molecule has 4 aromatic rings. The summed E-state index contributed by atoms with van der Waals surface area (Å²) in [5, 5.41) is 8.55. The van der Waals surface area contributed by atoms with Crippen molar-refractivity contribution in [1.29, 1.82) is 0 Å². The fraction of sp³-hybridized carbons (Fsp3) is 0.121. The quantitative estimate of drug-likeness (QED) is 0.114. The largest absolute Gasteiger partial charge is 0.497 e. The van der Waals surface area contributed by atoms with Crippen LogP contribution in [0.4, 0.5) is 11.4 Å². The molecule has 0 saturated heterocycles. The number of amides is 3. The number of ether oxygens (including phenoxy) is 2. The normalized spacial score (nSPS) is 11.7. The Balaban J connectivity index is 1.45. The maximum Gasteiger partial charge on any atom is 0.272 e. The maximum absolute atomic E-state index is 13.4. The highest BCUT2D eigenvalue weighted by Gasteiger charge is 2.19. The van der Waals surface area contributed by atoms with Crippen molar-refractivity contribution in [2.75, 3.05) is 24.9 Å². The van der Waals surface area contributed by atoms with Crippen LogP contribution in [0.5, 0.6) is 11.5 Å². The van der Waals surface area contributed by atoms with E-state index in [9.17, 15) is 14.4 Å². The lowest BCUT2D eigenvalue weighted by Crippen LogP contribution is -2.30. The lowest BCUT2D eigenvalue weighted by atomic mass is 10.1. The molecule has 4 rings (SSSR count). The van der Waals surface area contributed by atoms with E-state index >= 15 is 0 Å². The highest BCUT2D eigenvalue weighted by molar-refractivity contribution is 8.00. The minimum atomic E-state index is -0.577. The van der Waals surface area contributed by atoms with Crippen molar-refractivity contribution in [3.63, 3.8) is 0 Å². The van der Waals surface area contributed by atoms with Crippen molar-refractivity contribution in [3.8, 4) is 11.5 Å². The summed E-state index contributed by atoms with van der Waals surface area (Å²) in [6.07, 6.45) is 1.43. The van der Waals surface area contributed by atoms with Gasteiger partial charge in [0.05, 0.1) is 25.2 Å². The Labute approximate surface area is 269 Å². The topological polar surface area (TPSA) is 106 Å². The molecule has 0 heterocycles. The molecule has 0 aliphatic heterocycles. The Morgan fingerprint density at radius 2 is 1.50 bits per heavy atom. The van der Waals surface area contributed by atoms with E-state index in [1.54, 1.807) is 105 Å². The first-order chi connectivity index (χ1) is 21.2. The summed E-state index contributed by atoms with van der Waals surface area (Å²) in [7, 11) is 3.07. The van der Waals surface area contributed by atoms with Gasteiger partial charge in [-0.3, -0.25) is 14.4 Å². The molecule has 3 amide bonds. The Morgan fingerprint density at radius 3 is 2.14 bits per heavy atom. The molecule has 1 unspecified atom stereocenters. The second-order valence-electron chi connectivity index (χ2n) is 9.31. The minimum absolute atomic E-state index is 0.0495. The number of rotatable bonds is 11. The zero-order valence-electron chi connectivity index (χ0n) is 24.0. The number of nitrogens with one attached hydrogen (secondary N) is 3. The molecular formula is C33H29Cl2N3O5S. The third-order valence-electron chi connectivity index (χ3n) is 6.28. The van der Waals surface area contributed by atoms with Gasteiger partial charge in [-0.05, 0) is 73.7 Å². The first-order valence-electron chi connectivity index (χ1n) is 13.3. The third kappa shape index (κ3) is 8.57. The standard InChI is InChI=1S/C33H29Cl2N3O5S/c1-20(31(39)37-28-17-14-23(42-2)18-30(28)43-3)44-24-15-12-22(13-16-24)36-33(41)29(19-25-26(34)10-7-11-27(25)35)38-32(40)21-8-5-4-6-9-21/h4-20H,1-3H3,(H,36,41)(H,37,39)(H,38,40)/b29-19-. The molecule has 8 nitrogen and oxygen atoms in total. The van der Waals surface area contributed by atoms with Crippen molar-refractivity contribution in [2.24, 2.45) is 0 Å². The summed E-state index contributed by atoms with van der Waals surface area (Å²) in [5.41, 5.74) is 1.73. The fourth-order valence-corrected chi connectivity index (χ4v) is 5.32. The summed E-state index contributed by atoms with van der Waals surface area (Å²) in [4.78, 5) is 40.0. The maximum atomic E-state index is 13.4. The molecule has 0 saturated carbocycles. The summed E-state index contributed by atoms with van der Waals surface area (Å²) >= 11 is 14.0. The number of benzene rings is 4. The zero-order chi connectivity index (χ0) is 31.6. The van der Waals surface area contributed by atoms with Crippen LogP contribution >= 0.6 is 35.0 Å². The fourth-order valence-electron chi connectivity index (χ4n) is 3.94. The molecule has 0 spiro atoms. The van der Waals surface area contributed by atoms with Gasteiger partial charge < -0.3 is 25.4 Å². The predicted octanol–water partition coefficient (Wildman–Crippen LogP) is 7.54. The lowest BCUT2D eigenvalue weighted by Gasteiger charge is -2.15. The van der Waals surface area contributed by atoms with Gasteiger partial charge in [0.15, 0.2) is 0 Å². The Morgan fingerprint density at radius 1 is 0.818 bits per heavy atom. The second kappa shape index (κ2) is 15.3. The summed E-state index contributed by atoms with van der Waals surface area (Å²) in [6.45, 7) is 1.79. The highest BCUT2D eigenvalue weighted by Crippen LogP contribution is 2.31. The number of anilines is 2. The van der Waals surface area contributed by atoms with Gasteiger partial charge in [-0.2, -0.15) is 0 Å². The number of carbonyl (C=O) groups is 3. The summed E-state index contributed by atoms with van der Waals surface area (Å²) in [5.74, 6) is -0.158. The first kappa shape index (κ1) is 32.5. The van der Waals surface area contributed by atoms with Crippen molar-refractivity contribution in [2.45, 2.75) is 17.1 Å². The number of halogens is 2. The van der Waals surface area contributed by atoms with E-state index in [2.05, 4.69) is 16.0 Å². The van der Waals surface area contributed by atoms with Gasteiger partial charge >= 0.3 is 0 Å².